The maximum atomic E-state index is 12.6. The van der Waals surface area contributed by atoms with E-state index in [1.807, 2.05) is 0 Å². The van der Waals surface area contributed by atoms with Gasteiger partial charge in [-0.3, -0.25) is 0 Å². The first kappa shape index (κ1) is 14.2. The summed E-state index contributed by atoms with van der Waals surface area (Å²) in [4.78, 5) is 7.70. The van der Waals surface area contributed by atoms with Gasteiger partial charge in [0, 0.05) is 6.54 Å². The first-order valence-corrected chi connectivity index (χ1v) is 6.74. The zero-order valence-electron chi connectivity index (χ0n) is 9.73. The molecule has 2 N–H and O–H groups in total. The first-order valence-electron chi connectivity index (χ1n) is 5.15. The molecule has 0 bridgehead atoms. The summed E-state index contributed by atoms with van der Waals surface area (Å²) in [5.74, 6) is 0.578. The van der Waals surface area contributed by atoms with Crippen LogP contribution in [0.15, 0.2) is 21.5 Å². The van der Waals surface area contributed by atoms with Crippen molar-refractivity contribution >= 4 is 23.3 Å². The van der Waals surface area contributed by atoms with E-state index < -0.39 is 11.9 Å². The Labute approximate surface area is 115 Å². The highest BCUT2D eigenvalue weighted by Gasteiger charge is 2.33. The van der Waals surface area contributed by atoms with Crippen LogP contribution in [-0.2, 0) is 12.7 Å². The standard InChI is InChI=1S/C10H9F3N4S2/c1-5-15-9(19-17-5)18-8-6(4-14)2-3-7(16-8)10(11,12)13/h2-3H,4,14H2,1H3. The molecule has 19 heavy (non-hydrogen) atoms. The number of nitrogens with zero attached hydrogens (tertiary/aromatic N) is 3. The molecule has 0 fully saturated rings. The summed E-state index contributed by atoms with van der Waals surface area (Å²) in [6, 6.07) is 2.27. The van der Waals surface area contributed by atoms with Crippen LogP contribution in [0.2, 0.25) is 0 Å². The monoisotopic (exact) mass is 306 g/mol. The van der Waals surface area contributed by atoms with E-state index in [-0.39, 0.29) is 11.6 Å². The molecule has 0 atom stereocenters. The van der Waals surface area contributed by atoms with Crippen molar-refractivity contribution in [2.75, 3.05) is 0 Å². The summed E-state index contributed by atoms with van der Waals surface area (Å²) < 4.78 is 42.4. The molecule has 0 aliphatic heterocycles. The van der Waals surface area contributed by atoms with Crippen molar-refractivity contribution < 1.29 is 13.2 Å². The van der Waals surface area contributed by atoms with Gasteiger partial charge < -0.3 is 5.73 Å². The molecular formula is C10H9F3N4S2. The maximum absolute atomic E-state index is 12.6. The van der Waals surface area contributed by atoms with Gasteiger partial charge in [0.05, 0.1) is 0 Å². The maximum Gasteiger partial charge on any atom is 0.433 e. The van der Waals surface area contributed by atoms with Gasteiger partial charge in [-0.05, 0) is 41.8 Å². The molecule has 102 valence electrons. The van der Waals surface area contributed by atoms with Crippen LogP contribution < -0.4 is 5.73 Å². The number of alkyl halides is 3. The van der Waals surface area contributed by atoms with Crippen LogP contribution in [0.3, 0.4) is 0 Å². The normalized spacial score (nSPS) is 11.8. The molecule has 0 saturated carbocycles. The zero-order valence-corrected chi connectivity index (χ0v) is 11.4. The zero-order chi connectivity index (χ0) is 14.0. The van der Waals surface area contributed by atoms with Crippen molar-refractivity contribution in [1.82, 2.24) is 14.3 Å². The molecule has 4 nitrogen and oxygen atoms in total. The van der Waals surface area contributed by atoms with E-state index in [9.17, 15) is 13.2 Å². The van der Waals surface area contributed by atoms with Crippen molar-refractivity contribution in [2.45, 2.75) is 29.0 Å². The van der Waals surface area contributed by atoms with E-state index in [0.29, 0.717) is 15.7 Å². The molecule has 2 rings (SSSR count). The van der Waals surface area contributed by atoms with E-state index in [2.05, 4.69) is 14.3 Å². The minimum absolute atomic E-state index is 0.116. The van der Waals surface area contributed by atoms with Crippen molar-refractivity contribution in [3.63, 3.8) is 0 Å². The third-order valence-electron chi connectivity index (χ3n) is 2.14. The second-order valence-corrected chi connectivity index (χ2v) is 5.56. The van der Waals surface area contributed by atoms with Gasteiger partial charge in [-0.15, -0.1) is 0 Å². The Morgan fingerprint density at radius 3 is 2.58 bits per heavy atom. The molecule has 0 saturated heterocycles. The number of hydrogen-bond donors (Lipinski definition) is 1. The lowest BCUT2D eigenvalue weighted by Crippen LogP contribution is -2.10. The SMILES string of the molecule is Cc1nsc(Sc2nc(C(F)(F)F)ccc2CN)n1. The fourth-order valence-electron chi connectivity index (χ4n) is 1.27. The smallest absolute Gasteiger partial charge is 0.326 e. The van der Waals surface area contributed by atoms with Gasteiger partial charge in [0.1, 0.15) is 16.5 Å². The van der Waals surface area contributed by atoms with Gasteiger partial charge in [-0.2, -0.15) is 17.5 Å². The molecule has 2 heterocycles. The summed E-state index contributed by atoms with van der Waals surface area (Å²) in [5.41, 5.74) is 5.11. The molecule has 9 heteroatoms. The quantitative estimate of drug-likeness (QED) is 0.944. The summed E-state index contributed by atoms with van der Waals surface area (Å²) >= 11 is 2.16. The number of rotatable bonds is 3. The number of aromatic nitrogens is 3. The summed E-state index contributed by atoms with van der Waals surface area (Å²) in [6.07, 6.45) is -4.47. The number of aryl methyl sites for hydroxylation is 1. The average molecular weight is 306 g/mol. The van der Waals surface area contributed by atoms with Crippen molar-refractivity contribution in [1.29, 1.82) is 0 Å². The van der Waals surface area contributed by atoms with Gasteiger partial charge in [0.25, 0.3) is 0 Å². The van der Waals surface area contributed by atoms with Crippen LogP contribution in [0.4, 0.5) is 13.2 Å². The Balaban J connectivity index is 2.36. The first-order chi connectivity index (χ1) is 8.90. The van der Waals surface area contributed by atoms with Crippen molar-refractivity contribution in [3.05, 3.63) is 29.2 Å². The lowest BCUT2D eigenvalue weighted by molar-refractivity contribution is -0.141. The van der Waals surface area contributed by atoms with E-state index in [0.717, 1.165) is 29.4 Å². The van der Waals surface area contributed by atoms with E-state index >= 15 is 0 Å². The fraction of sp³-hybridized carbons (Fsp3) is 0.300. The van der Waals surface area contributed by atoms with E-state index in [1.54, 1.807) is 6.92 Å². The lowest BCUT2D eigenvalue weighted by atomic mass is 10.2. The molecule has 2 aromatic heterocycles. The molecule has 0 aromatic carbocycles. The van der Waals surface area contributed by atoms with Crippen LogP contribution in [0.5, 0.6) is 0 Å². The third-order valence-corrected chi connectivity index (χ3v) is 4.03. The highest BCUT2D eigenvalue weighted by molar-refractivity contribution is 8.00. The third kappa shape index (κ3) is 3.43. The van der Waals surface area contributed by atoms with Gasteiger partial charge in [0.2, 0.25) is 0 Å². The van der Waals surface area contributed by atoms with E-state index in [1.165, 1.54) is 6.07 Å². The Bertz CT molecular complexity index is 582. The Hall–Kier alpha value is -1.19. The van der Waals surface area contributed by atoms with E-state index in [4.69, 9.17) is 5.73 Å². The molecule has 2 aromatic rings. The Morgan fingerprint density at radius 2 is 2.05 bits per heavy atom. The Morgan fingerprint density at radius 1 is 1.32 bits per heavy atom. The number of hydrogen-bond acceptors (Lipinski definition) is 6. The minimum Gasteiger partial charge on any atom is -0.326 e. The Kier molecular flexibility index (Phi) is 4.07. The van der Waals surface area contributed by atoms with Gasteiger partial charge in [0.15, 0.2) is 4.34 Å². The topological polar surface area (TPSA) is 64.7 Å². The molecule has 0 unspecified atom stereocenters. The molecule has 0 aliphatic rings. The average Bonchev–Trinajstić information content (AvgIpc) is 2.73. The summed E-state index contributed by atoms with van der Waals surface area (Å²) in [5, 5.41) is 0.216. The van der Waals surface area contributed by atoms with Crippen LogP contribution in [0.1, 0.15) is 17.1 Å². The predicted octanol–water partition coefficient (Wildman–Crippen LogP) is 2.87. The van der Waals surface area contributed by atoms with Crippen LogP contribution in [-0.4, -0.2) is 14.3 Å². The highest BCUT2D eigenvalue weighted by Crippen LogP contribution is 2.34. The molecule has 0 spiro atoms. The number of halogens is 3. The summed E-state index contributed by atoms with van der Waals surface area (Å²) in [6.45, 7) is 1.83. The van der Waals surface area contributed by atoms with Crippen LogP contribution in [0, 0.1) is 6.92 Å². The van der Waals surface area contributed by atoms with Gasteiger partial charge >= 0.3 is 6.18 Å². The van der Waals surface area contributed by atoms with Gasteiger partial charge in [-0.1, -0.05) is 6.07 Å². The highest BCUT2D eigenvalue weighted by atomic mass is 32.2. The second-order valence-electron chi connectivity index (χ2n) is 3.57. The lowest BCUT2D eigenvalue weighted by Gasteiger charge is -2.09. The van der Waals surface area contributed by atoms with Crippen molar-refractivity contribution in [2.24, 2.45) is 5.73 Å². The molecule has 0 aliphatic carbocycles. The fourth-order valence-corrected chi connectivity index (χ4v) is 2.96. The molecule has 0 amide bonds. The van der Waals surface area contributed by atoms with Crippen LogP contribution >= 0.6 is 23.3 Å². The van der Waals surface area contributed by atoms with Gasteiger partial charge in [-0.25, -0.2) is 9.97 Å². The number of pyridine rings is 1. The predicted molar refractivity (Wildman–Crippen MR) is 65.9 cm³/mol. The second kappa shape index (κ2) is 5.43. The summed E-state index contributed by atoms with van der Waals surface area (Å²) in [7, 11) is 0. The number of nitrogens with two attached hydrogens (primary N) is 1. The molecule has 0 radical (unpaired) electrons. The minimum atomic E-state index is -4.47. The molecular weight excluding hydrogens is 297 g/mol. The largest absolute Gasteiger partial charge is 0.433 e. The van der Waals surface area contributed by atoms with Crippen molar-refractivity contribution in [3.8, 4) is 0 Å². The van der Waals surface area contributed by atoms with Crippen LogP contribution in [0.25, 0.3) is 0 Å².